The number of rotatable bonds is 3. The second-order valence-corrected chi connectivity index (χ2v) is 19.1. The van der Waals surface area contributed by atoms with Gasteiger partial charge >= 0.3 is 0 Å². The molecule has 258 valence electrons. The summed E-state index contributed by atoms with van der Waals surface area (Å²) in [7, 11) is -2.96. The van der Waals surface area contributed by atoms with Gasteiger partial charge in [-0.15, -0.1) is 11.3 Å². The Morgan fingerprint density at radius 1 is 0.400 bits per heavy atom. The number of thiophene rings is 1. The Hall–Kier alpha value is -6.66. The third kappa shape index (κ3) is 4.30. The third-order valence-corrected chi connectivity index (χ3v) is 17.6. The van der Waals surface area contributed by atoms with Crippen LogP contribution >= 0.6 is 11.3 Å². The standard InChI is InChI=1S/C50H31NO2SSi/c1-2-14-35-32(13-1)27-28-33-31-34(29-30-36(33)35)51(40-18-11-16-38-37-15-3-7-22-44(37)54-50(38)40)39-17-12-26-48-49(39)53-43-21-6-10-25-47(43)55(48)45-23-8-4-19-41(45)52-42-20-5-9-24-46(42)55/h1-31H. The van der Waals surface area contributed by atoms with Crippen LogP contribution in [0.25, 0.3) is 41.7 Å². The molecule has 2 aliphatic rings. The lowest BCUT2D eigenvalue weighted by atomic mass is 10.0. The van der Waals surface area contributed by atoms with Gasteiger partial charge in [-0.25, -0.2) is 0 Å². The first-order valence-electron chi connectivity index (χ1n) is 18.7. The monoisotopic (exact) mass is 737 g/mol. The van der Waals surface area contributed by atoms with Crippen LogP contribution in [0.5, 0.6) is 23.0 Å². The van der Waals surface area contributed by atoms with Crippen molar-refractivity contribution >= 4 is 98.9 Å². The van der Waals surface area contributed by atoms with E-state index in [1.807, 2.05) is 11.3 Å². The van der Waals surface area contributed by atoms with Crippen LogP contribution in [0.3, 0.4) is 0 Å². The van der Waals surface area contributed by atoms with E-state index in [4.69, 9.17) is 9.47 Å². The van der Waals surface area contributed by atoms with Crippen LogP contribution in [0, 0.1) is 0 Å². The molecule has 3 nitrogen and oxygen atoms in total. The predicted octanol–water partition coefficient (Wildman–Crippen LogP) is 11.4. The fourth-order valence-corrected chi connectivity index (χ4v) is 15.6. The van der Waals surface area contributed by atoms with Gasteiger partial charge in [0.15, 0.2) is 13.8 Å². The molecule has 0 radical (unpaired) electrons. The van der Waals surface area contributed by atoms with E-state index in [-0.39, 0.29) is 0 Å². The molecule has 0 saturated carbocycles. The second kappa shape index (κ2) is 11.7. The minimum atomic E-state index is -2.96. The molecule has 9 aromatic carbocycles. The van der Waals surface area contributed by atoms with Gasteiger partial charge in [0.25, 0.3) is 0 Å². The molecule has 0 N–H and O–H groups in total. The zero-order chi connectivity index (χ0) is 36.1. The van der Waals surface area contributed by atoms with Crippen LogP contribution in [-0.2, 0) is 0 Å². The quantitative estimate of drug-likeness (QED) is 0.133. The number of nitrogens with zero attached hydrogens (tertiary/aromatic N) is 1. The Labute approximate surface area is 322 Å². The smallest absolute Gasteiger partial charge is 0.196 e. The number of hydrogen-bond donors (Lipinski definition) is 0. The zero-order valence-electron chi connectivity index (χ0n) is 29.6. The van der Waals surface area contributed by atoms with Gasteiger partial charge in [0.05, 0.1) is 16.1 Å². The number of para-hydroxylation sites is 4. The average molecular weight is 738 g/mol. The molecular formula is C50H31NO2SSi. The molecule has 0 amide bonds. The van der Waals surface area contributed by atoms with Crippen LogP contribution in [-0.4, -0.2) is 8.07 Å². The van der Waals surface area contributed by atoms with E-state index in [9.17, 15) is 0 Å². The summed E-state index contributed by atoms with van der Waals surface area (Å²) >= 11 is 1.85. The average Bonchev–Trinajstić information content (AvgIpc) is 3.63. The topological polar surface area (TPSA) is 21.7 Å². The number of hydrogen-bond acceptors (Lipinski definition) is 4. The van der Waals surface area contributed by atoms with Crippen molar-refractivity contribution in [3.05, 3.63) is 188 Å². The van der Waals surface area contributed by atoms with Crippen molar-refractivity contribution in [2.24, 2.45) is 0 Å². The van der Waals surface area contributed by atoms with E-state index in [0.29, 0.717) is 0 Å². The molecule has 0 saturated heterocycles. The summed E-state index contributed by atoms with van der Waals surface area (Å²) < 4.78 is 16.5. The number of anilines is 3. The fraction of sp³-hybridized carbons (Fsp3) is 0. The first-order valence-corrected chi connectivity index (χ1v) is 21.5. The Morgan fingerprint density at radius 2 is 0.964 bits per heavy atom. The van der Waals surface area contributed by atoms with Crippen LogP contribution in [0.2, 0.25) is 0 Å². The molecule has 55 heavy (non-hydrogen) atoms. The fourth-order valence-electron chi connectivity index (χ4n) is 9.25. The highest BCUT2D eigenvalue weighted by atomic mass is 32.1. The van der Waals surface area contributed by atoms with Gasteiger partial charge < -0.3 is 14.4 Å². The van der Waals surface area contributed by atoms with Crippen molar-refractivity contribution in [1.82, 2.24) is 0 Å². The molecule has 3 heterocycles. The maximum atomic E-state index is 7.26. The molecule has 2 aliphatic heterocycles. The summed E-state index contributed by atoms with van der Waals surface area (Å²) in [5.41, 5.74) is 3.20. The molecule has 0 atom stereocenters. The van der Waals surface area contributed by atoms with Crippen LogP contribution < -0.4 is 35.1 Å². The van der Waals surface area contributed by atoms with Crippen molar-refractivity contribution in [3.63, 3.8) is 0 Å². The van der Waals surface area contributed by atoms with E-state index < -0.39 is 8.07 Å². The van der Waals surface area contributed by atoms with Crippen LogP contribution in [0.4, 0.5) is 17.1 Å². The Balaban J connectivity index is 1.19. The van der Waals surface area contributed by atoms with Crippen molar-refractivity contribution in [2.45, 2.75) is 0 Å². The van der Waals surface area contributed by atoms with E-state index in [1.54, 1.807) is 0 Å². The van der Waals surface area contributed by atoms with Crippen molar-refractivity contribution < 1.29 is 9.47 Å². The van der Waals surface area contributed by atoms with Crippen molar-refractivity contribution in [3.8, 4) is 23.0 Å². The maximum Gasteiger partial charge on any atom is 0.196 e. The van der Waals surface area contributed by atoms with E-state index in [0.717, 1.165) is 40.1 Å². The minimum Gasteiger partial charge on any atom is -0.458 e. The summed E-state index contributed by atoms with van der Waals surface area (Å²) in [5, 5.41) is 12.4. The highest BCUT2D eigenvalue weighted by Gasteiger charge is 2.53. The molecule has 1 spiro atoms. The molecular weight excluding hydrogens is 707 g/mol. The number of fused-ring (bicyclic) bond motifs is 14. The molecule has 1 aromatic heterocycles. The van der Waals surface area contributed by atoms with E-state index >= 15 is 0 Å². The highest BCUT2D eigenvalue weighted by molar-refractivity contribution is 7.26. The van der Waals surface area contributed by atoms with Crippen molar-refractivity contribution in [2.75, 3.05) is 4.90 Å². The molecule has 12 rings (SSSR count). The molecule has 0 unspecified atom stereocenters. The predicted molar refractivity (Wildman–Crippen MR) is 233 cm³/mol. The maximum absolute atomic E-state index is 7.26. The summed E-state index contributed by atoms with van der Waals surface area (Å²) in [4.78, 5) is 2.44. The summed E-state index contributed by atoms with van der Waals surface area (Å²) in [6, 6.07) is 68.2. The molecule has 10 aromatic rings. The summed E-state index contributed by atoms with van der Waals surface area (Å²) in [5.74, 6) is 3.60. The second-order valence-electron chi connectivity index (χ2n) is 14.4. The minimum absolute atomic E-state index is 0.885. The van der Waals surface area contributed by atoms with Crippen molar-refractivity contribution in [1.29, 1.82) is 0 Å². The number of ether oxygens (including phenoxy) is 2. The normalized spacial score (nSPS) is 13.5. The molecule has 0 bridgehead atoms. The summed E-state index contributed by atoms with van der Waals surface area (Å²) in [6.07, 6.45) is 0. The highest BCUT2D eigenvalue weighted by Crippen LogP contribution is 2.49. The van der Waals surface area contributed by atoms with E-state index in [2.05, 4.69) is 193 Å². The Kier molecular flexibility index (Phi) is 6.53. The molecule has 0 fully saturated rings. The molecule has 0 aliphatic carbocycles. The first kappa shape index (κ1) is 30.8. The Bertz CT molecular complexity index is 3140. The van der Waals surface area contributed by atoms with Gasteiger partial charge in [-0.1, -0.05) is 140 Å². The van der Waals surface area contributed by atoms with Gasteiger partial charge in [0.2, 0.25) is 0 Å². The number of benzene rings is 9. The van der Waals surface area contributed by atoms with Gasteiger partial charge in [-0.2, -0.15) is 0 Å². The zero-order valence-corrected chi connectivity index (χ0v) is 31.4. The lowest BCUT2D eigenvalue weighted by Gasteiger charge is -2.44. The summed E-state index contributed by atoms with van der Waals surface area (Å²) in [6.45, 7) is 0. The van der Waals surface area contributed by atoms with Gasteiger partial charge in [-0.3, -0.25) is 0 Å². The SMILES string of the molecule is c1ccc2c(c1)Oc1ccccc1[Si]21c2ccccc2Oc2c(N(c3ccc4c(ccc5ccccc54)c3)c3cccc4c3sc3ccccc34)cccc21. The molecule has 5 heteroatoms. The van der Waals surface area contributed by atoms with Crippen LogP contribution in [0.15, 0.2) is 188 Å². The van der Waals surface area contributed by atoms with Gasteiger partial charge in [0.1, 0.15) is 17.2 Å². The Morgan fingerprint density at radius 3 is 1.75 bits per heavy atom. The largest absolute Gasteiger partial charge is 0.458 e. The van der Waals surface area contributed by atoms with Crippen LogP contribution in [0.1, 0.15) is 0 Å². The van der Waals surface area contributed by atoms with Gasteiger partial charge in [0, 0.05) is 21.2 Å². The first-order chi connectivity index (χ1) is 27.3. The lowest BCUT2D eigenvalue weighted by molar-refractivity contribution is 0.482. The van der Waals surface area contributed by atoms with Gasteiger partial charge in [-0.05, 0) is 90.8 Å². The van der Waals surface area contributed by atoms with E-state index in [1.165, 1.54) is 62.5 Å². The third-order valence-electron chi connectivity index (χ3n) is 11.6. The lowest BCUT2D eigenvalue weighted by Crippen LogP contribution is -2.77.